The van der Waals surface area contributed by atoms with Gasteiger partial charge in [-0.2, -0.15) is 18.3 Å². The maximum Gasteiger partial charge on any atom is 0.417 e. The van der Waals surface area contributed by atoms with Gasteiger partial charge in [-0.05, 0) is 13.0 Å². The highest BCUT2D eigenvalue weighted by atomic mass is 35.5. The van der Waals surface area contributed by atoms with Crippen molar-refractivity contribution in [2.24, 2.45) is 0 Å². The molecule has 2 rings (SSSR count). The summed E-state index contributed by atoms with van der Waals surface area (Å²) in [5.41, 5.74) is 0.548. The van der Waals surface area contributed by atoms with Gasteiger partial charge in [-0.1, -0.05) is 11.6 Å². The van der Waals surface area contributed by atoms with Crippen LogP contribution in [-0.4, -0.2) is 14.8 Å². The van der Waals surface area contributed by atoms with Crippen LogP contribution < -0.4 is 0 Å². The van der Waals surface area contributed by atoms with Crippen LogP contribution in [0.1, 0.15) is 16.8 Å². The molecule has 0 atom stereocenters. The molecule has 19 heavy (non-hydrogen) atoms. The number of halogens is 5. The molecule has 0 saturated carbocycles. The number of rotatable bonds is 2. The number of hydrogen-bond donors (Lipinski definition) is 0. The second-order valence-electron chi connectivity index (χ2n) is 3.83. The molecule has 8 heteroatoms. The van der Waals surface area contributed by atoms with E-state index in [4.69, 9.17) is 23.2 Å². The van der Waals surface area contributed by atoms with Crippen molar-refractivity contribution in [3.63, 3.8) is 0 Å². The topological polar surface area (TPSA) is 30.7 Å². The van der Waals surface area contributed by atoms with Gasteiger partial charge in [0, 0.05) is 17.5 Å². The largest absolute Gasteiger partial charge is 0.417 e. The van der Waals surface area contributed by atoms with Gasteiger partial charge < -0.3 is 0 Å². The second kappa shape index (κ2) is 5.02. The van der Waals surface area contributed by atoms with Crippen LogP contribution in [-0.2, 0) is 12.1 Å². The lowest BCUT2D eigenvalue weighted by atomic mass is 10.2. The summed E-state index contributed by atoms with van der Waals surface area (Å²) in [4.78, 5) is 3.73. The van der Waals surface area contributed by atoms with E-state index < -0.39 is 11.7 Å². The lowest BCUT2D eigenvalue weighted by Crippen LogP contribution is -2.09. The van der Waals surface area contributed by atoms with E-state index in [1.807, 2.05) is 0 Å². The van der Waals surface area contributed by atoms with E-state index in [9.17, 15) is 13.2 Å². The van der Waals surface area contributed by atoms with Crippen LogP contribution in [0.3, 0.4) is 0 Å². The zero-order valence-corrected chi connectivity index (χ0v) is 11.2. The fraction of sp³-hybridized carbons (Fsp3) is 0.273. The zero-order valence-electron chi connectivity index (χ0n) is 9.67. The Morgan fingerprint density at radius 3 is 2.47 bits per heavy atom. The molecule has 102 valence electrons. The Bertz CT molecular complexity index is 608. The molecule has 0 saturated heterocycles. The first kappa shape index (κ1) is 14.1. The minimum atomic E-state index is -4.48. The first-order chi connectivity index (χ1) is 8.84. The predicted molar refractivity (Wildman–Crippen MR) is 65.7 cm³/mol. The zero-order chi connectivity index (χ0) is 14.2. The van der Waals surface area contributed by atoms with E-state index in [1.165, 1.54) is 10.9 Å². The molecule has 0 fully saturated rings. The Morgan fingerprint density at radius 1 is 1.32 bits per heavy atom. The molecule has 0 aliphatic rings. The number of nitrogens with zero attached hydrogens (tertiary/aromatic N) is 3. The summed E-state index contributed by atoms with van der Waals surface area (Å²) in [6.45, 7) is 1.74. The van der Waals surface area contributed by atoms with Gasteiger partial charge in [0.2, 0.25) is 0 Å². The Hall–Kier alpha value is -1.27. The summed E-state index contributed by atoms with van der Waals surface area (Å²) in [6, 6.07) is 0.825. The summed E-state index contributed by atoms with van der Waals surface area (Å²) in [7, 11) is 0. The van der Waals surface area contributed by atoms with Crippen LogP contribution in [0.4, 0.5) is 13.2 Å². The first-order valence-electron chi connectivity index (χ1n) is 5.17. The molecule has 0 radical (unpaired) electrons. The Morgan fingerprint density at radius 2 is 2.00 bits per heavy atom. The van der Waals surface area contributed by atoms with Crippen molar-refractivity contribution >= 4 is 23.2 Å². The minimum absolute atomic E-state index is 0.123. The molecule has 2 aromatic heterocycles. The summed E-state index contributed by atoms with van der Waals surface area (Å²) >= 11 is 11.5. The molecular formula is C11H8Cl2F3N3. The predicted octanol–water partition coefficient (Wildman–Crippen LogP) is 3.99. The second-order valence-corrected chi connectivity index (χ2v) is 4.50. The van der Waals surface area contributed by atoms with Crippen molar-refractivity contribution in [3.05, 3.63) is 40.3 Å². The van der Waals surface area contributed by atoms with E-state index in [-0.39, 0.29) is 16.7 Å². The maximum atomic E-state index is 12.5. The third-order valence-corrected chi connectivity index (χ3v) is 3.17. The summed E-state index contributed by atoms with van der Waals surface area (Å²) in [5, 5.41) is 3.89. The van der Waals surface area contributed by atoms with Crippen LogP contribution in [0.15, 0.2) is 18.5 Å². The highest BCUT2D eigenvalue weighted by Crippen LogP contribution is 2.32. The van der Waals surface area contributed by atoms with Gasteiger partial charge in [0.15, 0.2) is 5.82 Å². The molecule has 0 aliphatic carbocycles. The van der Waals surface area contributed by atoms with E-state index in [0.29, 0.717) is 5.69 Å². The Kier molecular flexibility index (Phi) is 3.73. The van der Waals surface area contributed by atoms with E-state index in [0.717, 1.165) is 17.8 Å². The van der Waals surface area contributed by atoms with Gasteiger partial charge in [-0.25, -0.2) is 9.67 Å². The standard InChI is InChI=1S/C11H8Cl2F3N3/c1-6-7(3-12)4-18-19(6)10-9(13)2-8(5-17-10)11(14,15)16/h2,4-5H,3H2,1H3. The van der Waals surface area contributed by atoms with E-state index >= 15 is 0 Å². The van der Waals surface area contributed by atoms with Gasteiger partial charge in [0.1, 0.15) is 0 Å². The van der Waals surface area contributed by atoms with Gasteiger partial charge in [0.25, 0.3) is 0 Å². The third-order valence-electron chi connectivity index (χ3n) is 2.61. The summed E-state index contributed by atoms with van der Waals surface area (Å²) in [6.07, 6.45) is -2.23. The molecule has 0 aliphatic heterocycles. The number of aromatic nitrogens is 3. The molecular weight excluding hydrogens is 302 g/mol. The highest BCUT2D eigenvalue weighted by molar-refractivity contribution is 6.32. The van der Waals surface area contributed by atoms with Crippen molar-refractivity contribution in [1.82, 2.24) is 14.8 Å². The molecule has 0 spiro atoms. The average molecular weight is 310 g/mol. The maximum absolute atomic E-state index is 12.5. The molecule has 0 amide bonds. The van der Waals surface area contributed by atoms with Crippen LogP contribution in [0.5, 0.6) is 0 Å². The van der Waals surface area contributed by atoms with Gasteiger partial charge >= 0.3 is 6.18 Å². The van der Waals surface area contributed by atoms with Crippen LogP contribution in [0, 0.1) is 6.92 Å². The number of hydrogen-bond acceptors (Lipinski definition) is 2. The minimum Gasteiger partial charge on any atom is -0.235 e. The van der Waals surface area contributed by atoms with Crippen molar-refractivity contribution in [1.29, 1.82) is 0 Å². The normalized spacial score (nSPS) is 11.9. The molecule has 2 heterocycles. The van der Waals surface area contributed by atoms with Crippen LogP contribution >= 0.6 is 23.2 Å². The smallest absolute Gasteiger partial charge is 0.235 e. The summed E-state index contributed by atoms with van der Waals surface area (Å²) < 4.78 is 38.9. The highest BCUT2D eigenvalue weighted by Gasteiger charge is 2.31. The van der Waals surface area contributed by atoms with Gasteiger partial charge in [0.05, 0.1) is 22.7 Å². The molecule has 0 bridgehead atoms. The third kappa shape index (κ3) is 2.69. The van der Waals surface area contributed by atoms with E-state index in [2.05, 4.69) is 10.1 Å². The Balaban J connectivity index is 2.49. The number of pyridine rings is 1. The lowest BCUT2D eigenvalue weighted by molar-refractivity contribution is -0.137. The SMILES string of the molecule is Cc1c(CCl)cnn1-c1ncc(C(F)(F)F)cc1Cl. The fourth-order valence-corrected chi connectivity index (χ4v) is 2.04. The molecule has 0 N–H and O–H groups in total. The quantitative estimate of drug-likeness (QED) is 0.785. The molecule has 2 aromatic rings. The molecule has 3 nitrogen and oxygen atoms in total. The van der Waals surface area contributed by atoms with Crippen molar-refractivity contribution in [3.8, 4) is 5.82 Å². The summed E-state index contributed by atoms with van der Waals surface area (Å²) in [5.74, 6) is 0.396. The number of alkyl halides is 4. The van der Waals surface area contributed by atoms with Crippen molar-refractivity contribution in [2.45, 2.75) is 19.0 Å². The Labute approximate surface area is 117 Å². The fourth-order valence-electron chi connectivity index (χ4n) is 1.53. The monoisotopic (exact) mass is 309 g/mol. The molecule has 0 unspecified atom stereocenters. The first-order valence-corrected chi connectivity index (χ1v) is 6.08. The van der Waals surface area contributed by atoms with Crippen molar-refractivity contribution < 1.29 is 13.2 Å². The average Bonchev–Trinajstić information content (AvgIpc) is 2.69. The van der Waals surface area contributed by atoms with Gasteiger partial charge in [-0.15, -0.1) is 11.6 Å². The van der Waals surface area contributed by atoms with Crippen LogP contribution in [0.25, 0.3) is 5.82 Å². The van der Waals surface area contributed by atoms with Crippen molar-refractivity contribution in [2.75, 3.05) is 0 Å². The molecule has 0 aromatic carbocycles. The lowest BCUT2D eigenvalue weighted by Gasteiger charge is -2.10. The van der Waals surface area contributed by atoms with E-state index in [1.54, 1.807) is 6.92 Å². The van der Waals surface area contributed by atoms with Crippen LogP contribution in [0.2, 0.25) is 5.02 Å². The van der Waals surface area contributed by atoms with Gasteiger partial charge in [-0.3, -0.25) is 0 Å².